The number of halogens is 1. The Hall–Kier alpha value is -3.40. The molecule has 0 saturated heterocycles. The number of alkyl halides is 1. The smallest absolute Gasteiger partial charge is 0.334 e. The molecule has 0 amide bonds. The molecule has 1 aromatic rings. The van der Waals surface area contributed by atoms with Crippen molar-refractivity contribution in [2.45, 2.75) is 12.8 Å². The average Bonchev–Trinajstić information content (AvgIpc) is 2.64. The second-order valence-electron chi connectivity index (χ2n) is 5.75. The van der Waals surface area contributed by atoms with E-state index in [-0.39, 0.29) is 28.2 Å². The van der Waals surface area contributed by atoms with E-state index in [9.17, 15) is 34.7 Å². The molecule has 0 radical (unpaired) electrons. The largest absolute Gasteiger partial charge is 0.478 e. The van der Waals surface area contributed by atoms with Crippen molar-refractivity contribution >= 4 is 35.2 Å². The quantitative estimate of drug-likeness (QED) is 0.263. The molecule has 0 fully saturated rings. The van der Waals surface area contributed by atoms with E-state index in [0.29, 0.717) is 0 Å². The number of carboxylic acid groups (broad SMARTS) is 2. The summed E-state index contributed by atoms with van der Waals surface area (Å²) in [7, 11) is 0. The number of nitro groups is 1. The second kappa shape index (κ2) is 8.53. The van der Waals surface area contributed by atoms with Crippen molar-refractivity contribution in [1.29, 1.82) is 0 Å². The normalized spacial score (nSPS) is 16.4. The minimum absolute atomic E-state index is 0.0510. The Labute approximate surface area is 163 Å². The van der Waals surface area contributed by atoms with Crippen LogP contribution in [0.15, 0.2) is 46.8 Å². The van der Waals surface area contributed by atoms with Crippen LogP contribution in [-0.2, 0) is 19.1 Å². The number of benzene rings is 1. The molecule has 0 aliphatic carbocycles. The van der Waals surface area contributed by atoms with Crippen molar-refractivity contribution < 1.29 is 34.3 Å². The molecule has 1 unspecified atom stereocenters. The number of rotatable bonds is 7. The molecular formula is C17H15ClN2O8. The second-order valence-corrected chi connectivity index (χ2v) is 6.01. The molecule has 2 rings (SSSR count). The Morgan fingerprint density at radius 1 is 1.25 bits per heavy atom. The Morgan fingerprint density at radius 3 is 2.43 bits per heavy atom. The van der Waals surface area contributed by atoms with Gasteiger partial charge < -0.3 is 20.3 Å². The molecule has 28 heavy (non-hydrogen) atoms. The van der Waals surface area contributed by atoms with E-state index in [1.807, 2.05) is 0 Å². The van der Waals surface area contributed by atoms with Gasteiger partial charge in [0.2, 0.25) is 0 Å². The standard InChI is InChI=1S/C17H15ClN2O8/c1-8-13(16(22)23)14(9-3-2-4-10(5-9)20(26)27)15(17(24)25)11(19-8)7-28-12(21)6-18/h2-5,14,19H,6-7H2,1H3,(H,22,23)(H,24,25). The number of hydrogen-bond acceptors (Lipinski definition) is 7. The van der Waals surface area contributed by atoms with Crippen molar-refractivity contribution in [2.75, 3.05) is 12.5 Å². The molecule has 1 aliphatic heterocycles. The van der Waals surface area contributed by atoms with Gasteiger partial charge in [-0.05, 0) is 12.5 Å². The number of hydrogen-bond donors (Lipinski definition) is 3. The maximum atomic E-state index is 11.9. The molecule has 1 aromatic carbocycles. The maximum absolute atomic E-state index is 11.9. The van der Waals surface area contributed by atoms with Crippen molar-refractivity contribution in [3.05, 3.63) is 62.5 Å². The summed E-state index contributed by atoms with van der Waals surface area (Å²) in [5.74, 6) is -5.41. The third-order valence-electron chi connectivity index (χ3n) is 4.01. The van der Waals surface area contributed by atoms with Crippen LogP contribution in [0.5, 0.6) is 0 Å². The molecule has 0 saturated carbocycles. The third kappa shape index (κ3) is 4.29. The van der Waals surface area contributed by atoms with Gasteiger partial charge in [0.15, 0.2) is 0 Å². The van der Waals surface area contributed by atoms with E-state index < -0.39 is 46.8 Å². The number of nitro benzene ring substituents is 1. The number of nitrogens with zero attached hydrogens (tertiary/aromatic N) is 1. The minimum atomic E-state index is -1.47. The fourth-order valence-electron chi connectivity index (χ4n) is 2.89. The highest BCUT2D eigenvalue weighted by atomic mass is 35.5. The first-order chi connectivity index (χ1) is 13.2. The minimum Gasteiger partial charge on any atom is -0.478 e. The lowest BCUT2D eigenvalue weighted by atomic mass is 9.80. The van der Waals surface area contributed by atoms with E-state index in [1.165, 1.54) is 25.1 Å². The summed E-state index contributed by atoms with van der Waals surface area (Å²) in [6.07, 6.45) is 0. The molecule has 148 valence electrons. The lowest BCUT2D eigenvalue weighted by Gasteiger charge is -2.29. The highest BCUT2D eigenvalue weighted by Gasteiger charge is 2.38. The number of aliphatic carboxylic acids is 2. The topological polar surface area (TPSA) is 156 Å². The van der Waals surface area contributed by atoms with E-state index in [1.54, 1.807) is 0 Å². The fraction of sp³-hybridized carbons (Fsp3) is 0.235. The summed E-state index contributed by atoms with van der Waals surface area (Å²) >= 11 is 5.36. The zero-order chi connectivity index (χ0) is 21.0. The number of carbonyl (C=O) groups is 3. The number of carbonyl (C=O) groups excluding carboxylic acids is 1. The zero-order valence-corrected chi connectivity index (χ0v) is 15.2. The van der Waals surface area contributed by atoms with Crippen LogP contribution in [0.3, 0.4) is 0 Å². The summed E-state index contributed by atoms with van der Waals surface area (Å²) in [5, 5.41) is 33.0. The van der Waals surface area contributed by atoms with E-state index >= 15 is 0 Å². The van der Waals surface area contributed by atoms with Crippen molar-refractivity contribution in [1.82, 2.24) is 5.32 Å². The first kappa shape index (κ1) is 20.9. The number of carboxylic acids is 2. The Balaban J connectivity index is 2.66. The van der Waals surface area contributed by atoms with E-state index in [0.717, 1.165) is 6.07 Å². The predicted octanol–water partition coefficient (Wildman–Crippen LogP) is 1.76. The molecule has 0 bridgehead atoms. The van der Waals surface area contributed by atoms with Crippen molar-refractivity contribution in [2.24, 2.45) is 0 Å². The molecule has 1 atom stereocenters. The monoisotopic (exact) mass is 410 g/mol. The van der Waals surface area contributed by atoms with Crippen molar-refractivity contribution in [3.8, 4) is 0 Å². The van der Waals surface area contributed by atoms with Crippen LogP contribution < -0.4 is 5.32 Å². The summed E-state index contributed by atoms with van der Waals surface area (Å²) in [6, 6.07) is 5.04. The molecule has 10 nitrogen and oxygen atoms in total. The number of dihydropyridines is 1. The van der Waals surface area contributed by atoms with Crippen molar-refractivity contribution in [3.63, 3.8) is 0 Å². The summed E-state index contributed by atoms with van der Waals surface area (Å²) in [4.78, 5) is 45.5. The van der Waals surface area contributed by atoms with Crippen LogP contribution in [0.1, 0.15) is 18.4 Å². The lowest BCUT2D eigenvalue weighted by Crippen LogP contribution is -2.34. The Kier molecular flexibility index (Phi) is 6.37. The van der Waals surface area contributed by atoms with Crippen LogP contribution in [0.4, 0.5) is 5.69 Å². The Morgan fingerprint density at radius 2 is 1.89 bits per heavy atom. The van der Waals surface area contributed by atoms with E-state index in [4.69, 9.17) is 16.3 Å². The van der Waals surface area contributed by atoms with Gasteiger partial charge in [-0.3, -0.25) is 14.9 Å². The van der Waals surface area contributed by atoms with Gasteiger partial charge in [0.25, 0.3) is 5.69 Å². The summed E-state index contributed by atoms with van der Waals surface area (Å²) in [5.41, 5.74) is -0.837. The highest BCUT2D eigenvalue weighted by molar-refractivity contribution is 6.26. The van der Waals surface area contributed by atoms with Gasteiger partial charge in [-0.25, -0.2) is 9.59 Å². The number of allylic oxidation sites excluding steroid dienone is 1. The first-order valence-electron chi connectivity index (χ1n) is 7.80. The van der Waals surface area contributed by atoms with Gasteiger partial charge in [-0.1, -0.05) is 12.1 Å². The van der Waals surface area contributed by atoms with Crippen LogP contribution in [0, 0.1) is 10.1 Å². The molecular weight excluding hydrogens is 396 g/mol. The van der Waals surface area contributed by atoms with Crippen LogP contribution >= 0.6 is 11.6 Å². The number of esters is 1. The Bertz CT molecular complexity index is 921. The molecule has 11 heteroatoms. The number of nitrogens with one attached hydrogen (secondary N) is 1. The molecule has 1 aliphatic rings. The number of non-ortho nitro benzene ring substituents is 1. The van der Waals surface area contributed by atoms with Gasteiger partial charge in [-0.2, -0.15) is 0 Å². The molecule has 3 N–H and O–H groups in total. The van der Waals surface area contributed by atoms with Crippen LogP contribution in [0.2, 0.25) is 0 Å². The zero-order valence-electron chi connectivity index (χ0n) is 14.5. The predicted molar refractivity (Wildman–Crippen MR) is 95.6 cm³/mol. The SMILES string of the molecule is CC1=C(C(=O)O)C(c2cccc([N+](=O)[O-])c2)C(C(=O)O)=C(COC(=O)CCl)N1. The van der Waals surface area contributed by atoms with Crippen LogP contribution in [0.25, 0.3) is 0 Å². The molecule has 1 heterocycles. The third-order valence-corrected chi connectivity index (χ3v) is 4.22. The first-order valence-corrected chi connectivity index (χ1v) is 8.34. The molecule has 0 spiro atoms. The fourth-order valence-corrected chi connectivity index (χ4v) is 2.97. The van der Waals surface area contributed by atoms with Gasteiger partial charge in [0.05, 0.1) is 27.7 Å². The van der Waals surface area contributed by atoms with Gasteiger partial charge >= 0.3 is 17.9 Å². The highest BCUT2D eigenvalue weighted by Crippen LogP contribution is 2.39. The van der Waals surface area contributed by atoms with Gasteiger partial charge in [0, 0.05) is 17.8 Å². The van der Waals surface area contributed by atoms with Crippen LogP contribution in [-0.4, -0.2) is 45.5 Å². The summed E-state index contributed by atoms with van der Waals surface area (Å²) in [6.45, 7) is 0.929. The maximum Gasteiger partial charge on any atom is 0.334 e. The van der Waals surface area contributed by atoms with E-state index in [2.05, 4.69) is 5.32 Å². The number of ether oxygens (including phenoxy) is 1. The van der Waals surface area contributed by atoms with Gasteiger partial charge in [0.1, 0.15) is 12.5 Å². The lowest BCUT2D eigenvalue weighted by molar-refractivity contribution is -0.384. The molecule has 0 aromatic heterocycles. The average molecular weight is 411 g/mol. The summed E-state index contributed by atoms with van der Waals surface area (Å²) < 4.78 is 4.87. The van der Waals surface area contributed by atoms with Gasteiger partial charge in [-0.15, -0.1) is 11.6 Å².